The molecule has 1 saturated carbocycles. The minimum absolute atomic E-state index is 0.0758. The van der Waals surface area contributed by atoms with Crippen LogP contribution in [0.15, 0.2) is 71.6 Å². The maximum Gasteiger partial charge on any atom is 0.336 e. The maximum absolute atomic E-state index is 13.2. The highest BCUT2D eigenvalue weighted by Crippen LogP contribution is 2.32. The number of sulfone groups is 1. The molecule has 0 atom stereocenters. The molecule has 9 heteroatoms. The minimum Gasteiger partial charge on any atom is -0.478 e. The van der Waals surface area contributed by atoms with E-state index in [4.69, 9.17) is 0 Å². The van der Waals surface area contributed by atoms with Crippen molar-refractivity contribution < 1.29 is 27.9 Å². The molecular weight excluding hydrogens is 504 g/mol. The lowest BCUT2D eigenvalue weighted by Crippen LogP contribution is -2.31. The first-order chi connectivity index (χ1) is 18.1. The van der Waals surface area contributed by atoms with Crippen molar-refractivity contribution in [1.29, 1.82) is 0 Å². The van der Waals surface area contributed by atoms with E-state index in [1.54, 1.807) is 67.6 Å². The van der Waals surface area contributed by atoms with Gasteiger partial charge in [-0.05, 0) is 92.3 Å². The molecule has 0 unspecified atom stereocenters. The molecule has 0 saturated heterocycles. The second kappa shape index (κ2) is 11.2. The van der Waals surface area contributed by atoms with Crippen LogP contribution in [0, 0.1) is 12.8 Å². The van der Waals surface area contributed by atoms with Gasteiger partial charge in [-0.3, -0.25) is 9.59 Å². The normalized spacial score (nSPS) is 13.1. The van der Waals surface area contributed by atoms with E-state index in [9.17, 15) is 27.9 Å². The van der Waals surface area contributed by atoms with Gasteiger partial charge in [-0.25, -0.2) is 13.2 Å². The van der Waals surface area contributed by atoms with Crippen LogP contribution in [0.25, 0.3) is 0 Å². The third-order valence-corrected chi connectivity index (χ3v) is 8.50. The Morgan fingerprint density at radius 1 is 0.974 bits per heavy atom. The zero-order chi connectivity index (χ0) is 27.4. The van der Waals surface area contributed by atoms with Crippen molar-refractivity contribution in [2.75, 3.05) is 22.5 Å². The van der Waals surface area contributed by atoms with Gasteiger partial charge in [0, 0.05) is 23.5 Å². The van der Waals surface area contributed by atoms with Crippen molar-refractivity contribution in [2.45, 2.75) is 38.0 Å². The minimum atomic E-state index is -3.29. The Balaban J connectivity index is 1.39. The molecule has 3 aromatic carbocycles. The van der Waals surface area contributed by atoms with Gasteiger partial charge in [0.15, 0.2) is 9.84 Å². The fraction of sp³-hybridized carbons (Fsp3) is 0.276. The lowest BCUT2D eigenvalue weighted by Gasteiger charge is -2.24. The van der Waals surface area contributed by atoms with Gasteiger partial charge >= 0.3 is 5.97 Å². The molecule has 1 fully saturated rings. The molecular formula is C29H30N2O6S. The third-order valence-electron chi connectivity index (χ3n) is 6.60. The molecule has 0 heterocycles. The van der Waals surface area contributed by atoms with E-state index in [1.165, 1.54) is 11.0 Å². The van der Waals surface area contributed by atoms with Crippen molar-refractivity contribution in [1.82, 2.24) is 0 Å². The van der Waals surface area contributed by atoms with Crippen LogP contribution < -0.4 is 10.2 Å². The monoisotopic (exact) mass is 534 g/mol. The number of nitrogens with one attached hydrogen (secondary N) is 1. The van der Waals surface area contributed by atoms with Crippen molar-refractivity contribution in [3.8, 4) is 0 Å². The Morgan fingerprint density at radius 3 is 2.21 bits per heavy atom. The largest absolute Gasteiger partial charge is 0.478 e. The number of hydrogen-bond donors (Lipinski definition) is 2. The Hall–Kier alpha value is -3.98. The first-order valence-electron chi connectivity index (χ1n) is 12.5. The van der Waals surface area contributed by atoms with Crippen LogP contribution in [0.2, 0.25) is 0 Å². The average molecular weight is 535 g/mol. The zero-order valence-electron chi connectivity index (χ0n) is 21.3. The lowest BCUT2D eigenvalue weighted by molar-refractivity contribution is -0.115. The third kappa shape index (κ3) is 6.28. The Morgan fingerprint density at radius 2 is 1.63 bits per heavy atom. The zero-order valence-corrected chi connectivity index (χ0v) is 22.1. The molecule has 3 aromatic rings. The predicted octanol–water partition coefficient (Wildman–Crippen LogP) is 4.72. The van der Waals surface area contributed by atoms with Crippen LogP contribution >= 0.6 is 0 Å². The Bertz CT molecular complexity index is 1460. The standard InChI is InChI=1S/C29H30N2O6S/c1-3-31(26-6-4-5-25(19(26)2)29(34)35)28(33)22-11-13-23(14-12-22)30-27(32)17-20-9-15-24(16-10-20)38(36,37)18-21-7-8-21/h4-6,9-16,21H,3,7-8,17-18H2,1-2H3,(H,30,32)(H,34,35). The molecule has 0 radical (unpaired) electrons. The summed E-state index contributed by atoms with van der Waals surface area (Å²) >= 11 is 0. The lowest BCUT2D eigenvalue weighted by atomic mass is 10.0. The number of amides is 2. The van der Waals surface area contributed by atoms with Gasteiger partial charge < -0.3 is 15.3 Å². The number of anilines is 2. The highest BCUT2D eigenvalue weighted by molar-refractivity contribution is 7.91. The van der Waals surface area contributed by atoms with Crippen LogP contribution in [-0.2, 0) is 21.1 Å². The van der Waals surface area contributed by atoms with Gasteiger partial charge in [0.1, 0.15) is 0 Å². The summed E-state index contributed by atoms with van der Waals surface area (Å²) in [4.78, 5) is 39.0. The van der Waals surface area contributed by atoms with Crippen LogP contribution in [-0.4, -0.2) is 43.6 Å². The smallest absolute Gasteiger partial charge is 0.336 e. The molecule has 38 heavy (non-hydrogen) atoms. The van der Waals surface area contributed by atoms with Crippen molar-refractivity contribution in [3.05, 3.63) is 89.0 Å². The summed E-state index contributed by atoms with van der Waals surface area (Å²) in [5.74, 6) is -1.16. The second-order valence-corrected chi connectivity index (χ2v) is 11.5. The molecule has 4 rings (SSSR count). The molecule has 0 aromatic heterocycles. The second-order valence-electron chi connectivity index (χ2n) is 9.48. The summed E-state index contributed by atoms with van der Waals surface area (Å²) in [6, 6.07) is 17.7. The number of aromatic carboxylic acids is 1. The van der Waals surface area contributed by atoms with E-state index in [2.05, 4.69) is 5.32 Å². The van der Waals surface area contributed by atoms with Crippen molar-refractivity contribution >= 4 is 39.0 Å². The summed E-state index contributed by atoms with van der Waals surface area (Å²) < 4.78 is 24.8. The van der Waals surface area contributed by atoms with E-state index < -0.39 is 15.8 Å². The van der Waals surface area contributed by atoms with Gasteiger partial charge in [0.2, 0.25) is 5.91 Å². The number of carbonyl (C=O) groups is 3. The van der Waals surface area contributed by atoms with Gasteiger partial charge in [-0.2, -0.15) is 0 Å². The molecule has 0 aliphatic heterocycles. The summed E-state index contributed by atoms with van der Waals surface area (Å²) in [6.07, 6.45) is 2.00. The maximum atomic E-state index is 13.2. The first kappa shape index (κ1) is 27.1. The molecule has 1 aliphatic rings. The average Bonchev–Trinajstić information content (AvgIpc) is 3.69. The summed E-state index contributed by atoms with van der Waals surface area (Å²) in [7, 11) is -3.29. The highest BCUT2D eigenvalue weighted by Gasteiger charge is 2.29. The molecule has 198 valence electrons. The van der Waals surface area contributed by atoms with Crippen LogP contribution in [0.4, 0.5) is 11.4 Å². The fourth-order valence-electron chi connectivity index (χ4n) is 4.32. The molecule has 1 aliphatic carbocycles. The molecule has 0 bridgehead atoms. The fourth-order valence-corrected chi connectivity index (χ4v) is 6.02. The number of hydrogen-bond acceptors (Lipinski definition) is 5. The highest BCUT2D eigenvalue weighted by atomic mass is 32.2. The molecule has 2 N–H and O–H groups in total. The summed E-state index contributed by atoms with van der Waals surface area (Å²) in [6.45, 7) is 3.84. The Kier molecular flexibility index (Phi) is 7.97. The number of benzene rings is 3. The van der Waals surface area contributed by atoms with Crippen molar-refractivity contribution in [3.63, 3.8) is 0 Å². The van der Waals surface area contributed by atoms with E-state index in [1.807, 2.05) is 6.92 Å². The van der Waals surface area contributed by atoms with E-state index in [-0.39, 0.29) is 40.4 Å². The summed E-state index contributed by atoms with van der Waals surface area (Å²) in [5, 5.41) is 12.2. The molecule has 2 amide bonds. The van der Waals surface area contributed by atoms with E-state index in [0.29, 0.717) is 34.6 Å². The number of nitrogens with zero attached hydrogens (tertiary/aromatic N) is 1. The summed E-state index contributed by atoms with van der Waals surface area (Å²) in [5.41, 5.74) is 2.78. The van der Waals surface area contributed by atoms with Crippen LogP contribution in [0.3, 0.4) is 0 Å². The Labute approximate surface area is 222 Å². The van der Waals surface area contributed by atoms with Gasteiger partial charge in [0.25, 0.3) is 5.91 Å². The van der Waals surface area contributed by atoms with Crippen LogP contribution in [0.5, 0.6) is 0 Å². The predicted molar refractivity (Wildman–Crippen MR) is 145 cm³/mol. The van der Waals surface area contributed by atoms with Gasteiger partial charge in [-0.1, -0.05) is 18.2 Å². The number of carbonyl (C=O) groups excluding carboxylic acids is 2. The molecule has 0 spiro atoms. The SMILES string of the molecule is CCN(C(=O)c1ccc(NC(=O)Cc2ccc(S(=O)(=O)CC3CC3)cc2)cc1)c1cccc(C(=O)O)c1C. The van der Waals surface area contributed by atoms with Crippen molar-refractivity contribution in [2.24, 2.45) is 5.92 Å². The van der Waals surface area contributed by atoms with Gasteiger partial charge in [0.05, 0.1) is 22.6 Å². The number of carboxylic acid groups (broad SMARTS) is 1. The molecule has 8 nitrogen and oxygen atoms in total. The number of carboxylic acids is 1. The number of rotatable bonds is 10. The first-order valence-corrected chi connectivity index (χ1v) is 14.1. The van der Waals surface area contributed by atoms with E-state index >= 15 is 0 Å². The quantitative estimate of drug-likeness (QED) is 0.388. The van der Waals surface area contributed by atoms with Crippen LogP contribution in [0.1, 0.15) is 51.6 Å². The van der Waals surface area contributed by atoms with Gasteiger partial charge in [-0.15, -0.1) is 0 Å². The topological polar surface area (TPSA) is 121 Å². The van der Waals surface area contributed by atoms with E-state index in [0.717, 1.165) is 12.8 Å².